The fourth-order valence-corrected chi connectivity index (χ4v) is 1.67. The highest BCUT2D eigenvalue weighted by molar-refractivity contribution is 7.80. The molecule has 0 spiro atoms. The Kier molecular flexibility index (Phi) is 2.70. The van der Waals surface area contributed by atoms with Gasteiger partial charge in [0.1, 0.15) is 11.5 Å². The van der Waals surface area contributed by atoms with E-state index < -0.39 is 0 Å². The number of allylic oxidation sites excluding steroid dienone is 1. The minimum absolute atomic E-state index is 0.258. The number of carbonyl (C=O) groups excluding carboxylic acids is 1. The molecule has 0 radical (unpaired) electrons. The molecule has 0 atom stereocenters. The Hall–Kier alpha value is -1.75. The fraction of sp³-hybridized carbons (Fsp3) is 0.0909. The van der Waals surface area contributed by atoms with Crippen molar-refractivity contribution in [3.8, 4) is 0 Å². The van der Waals surface area contributed by atoms with Gasteiger partial charge in [-0.15, -0.1) is 0 Å². The predicted molar refractivity (Wildman–Crippen MR) is 62.9 cm³/mol. The van der Waals surface area contributed by atoms with Crippen LogP contribution in [0.2, 0.25) is 0 Å². The third-order valence-corrected chi connectivity index (χ3v) is 2.55. The summed E-state index contributed by atoms with van der Waals surface area (Å²) in [5.41, 5.74) is 1.93. The summed E-state index contributed by atoms with van der Waals surface area (Å²) < 4.78 is 12.7. The van der Waals surface area contributed by atoms with Crippen LogP contribution in [-0.2, 0) is 4.79 Å². The number of thiocarbonyl (C=S) groups is 1. The van der Waals surface area contributed by atoms with E-state index in [0.717, 1.165) is 11.1 Å². The summed E-state index contributed by atoms with van der Waals surface area (Å²) in [4.78, 5) is 11.5. The van der Waals surface area contributed by atoms with E-state index in [9.17, 15) is 9.18 Å². The normalized spacial score (nSPS) is 18.1. The van der Waals surface area contributed by atoms with Gasteiger partial charge in [0, 0.05) is 0 Å². The van der Waals surface area contributed by atoms with Crippen molar-refractivity contribution in [1.82, 2.24) is 10.6 Å². The predicted octanol–water partition coefficient (Wildman–Crippen LogP) is 1.56. The summed E-state index contributed by atoms with van der Waals surface area (Å²) in [6.07, 6.45) is 0. The molecule has 1 aliphatic rings. The first kappa shape index (κ1) is 10.8. The maximum atomic E-state index is 12.7. The third kappa shape index (κ3) is 1.94. The van der Waals surface area contributed by atoms with Crippen LogP contribution >= 0.6 is 12.2 Å². The summed E-state index contributed by atoms with van der Waals surface area (Å²) in [5, 5.41) is 5.54. The lowest BCUT2D eigenvalue weighted by Crippen LogP contribution is -2.21. The van der Waals surface area contributed by atoms with E-state index in [0.29, 0.717) is 10.8 Å². The van der Waals surface area contributed by atoms with Gasteiger partial charge in [0.15, 0.2) is 5.11 Å². The first-order valence-electron chi connectivity index (χ1n) is 4.67. The Balaban J connectivity index is 2.41. The van der Waals surface area contributed by atoms with Crippen LogP contribution in [0.15, 0.2) is 30.0 Å². The molecule has 16 heavy (non-hydrogen) atoms. The summed E-state index contributed by atoms with van der Waals surface area (Å²) in [6, 6.07) is 5.94. The highest BCUT2D eigenvalue weighted by Crippen LogP contribution is 2.19. The van der Waals surface area contributed by atoms with Crippen LogP contribution < -0.4 is 10.6 Å². The number of rotatable bonds is 1. The molecule has 1 fully saturated rings. The minimum atomic E-state index is -0.305. The second-order valence-corrected chi connectivity index (χ2v) is 3.82. The van der Waals surface area contributed by atoms with Gasteiger partial charge in [0.2, 0.25) is 0 Å². The van der Waals surface area contributed by atoms with Crippen LogP contribution in [0.5, 0.6) is 0 Å². The lowest BCUT2D eigenvalue weighted by molar-refractivity contribution is -0.115. The van der Waals surface area contributed by atoms with Gasteiger partial charge in [-0.2, -0.15) is 0 Å². The zero-order chi connectivity index (χ0) is 11.7. The molecule has 0 unspecified atom stereocenters. The summed E-state index contributed by atoms with van der Waals surface area (Å²) in [5.74, 6) is -0.562. The lowest BCUT2D eigenvalue weighted by Gasteiger charge is -2.04. The van der Waals surface area contributed by atoms with Crippen LogP contribution in [0.25, 0.3) is 5.57 Å². The van der Waals surface area contributed by atoms with Crippen molar-refractivity contribution in [3.05, 3.63) is 41.3 Å². The van der Waals surface area contributed by atoms with Crippen molar-refractivity contribution in [1.29, 1.82) is 0 Å². The highest BCUT2D eigenvalue weighted by atomic mass is 32.1. The number of hydrogen-bond acceptors (Lipinski definition) is 2. The van der Waals surface area contributed by atoms with Crippen molar-refractivity contribution in [2.45, 2.75) is 6.92 Å². The molecular weight excluding hydrogens is 227 g/mol. The van der Waals surface area contributed by atoms with Crippen molar-refractivity contribution >= 4 is 28.8 Å². The third-order valence-electron chi connectivity index (χ3n) is 2.34. The zero-order valence-corrected chi connectivity index (χ0v) is 9.32. The van der Waals surface area contributed by atoms with E-state index in [-0.39, 0.29) is 11.7 Å². The van der Waals surface area contributed by atoms with Gasteiger partial charge in [-0.1, -0.05) is 12.1 Å². The topological polar surface area (TPSA) is 41.1 Å². The summed E-state index contributed by atoms with van der Waals surface area (Å²) in [7, 11) is 0. The molecule has 1 saturated heterocycles. The smallest absolute Gasteiger partial charge is 0.274 e. The Morgan fingerprint density at radius 3 is 2.38 bits per heavy atom. The number of nitrogens with one attached hydrogen (secondary N) is 2. The number of halogens is 1. The Morgan fingerprint density at radius 1 is 1.25 bits per heavy atom. The van der Waals surface area contributed by atoms with Crippen molar-refractivity contribution in [3.63, 3.8) is 0 Å². The fourth-order valence-electron chi connectivity index (χ4n) is 1.48. The molecule has 5 heteroatoms. The summed E-state index contributed by atoms with van der Waals surface area (Å²) >= 11 is 4.83. The number of carbonyl (C=O) groups is 1. The molecule has 0 saturated carbocycles. The second-order valence-electron chi connectivity index (χ2n) is 3.42. The van der Waals surface area contributed by atoms with Gasteiger partial charge < -0.3 is 5.32 Å². The average molecular weight is 236 g/mol. The summed E-state index contributed by atoms with van der Waals surface area (Å²) in [6.45, 7) is 1.78. The van der Waals surface area contributed by atoms with Gasteiger partial charge >= 0.3 is 0 Å². The standard InChI is InChI=1S/C11H9FN2OS/c1-6(7-2-4-8(12)5-3-7)9-10(15)14-11(16)13-9/h2-5H,1H3,(H2,13,14,15,16)/b9-6-. The van der Waals surface area contributed by atoms with Crippen LogP contribution in [0.3, 0.4) is 0 Å². The Labute approximate surface area is 97.3 Å². The molecular formula is C11H9FN2OS. The first-order chi connectivity index (χ1) is 7.58. The van der Waals surface area contributed by atoms with Crippen LogP contribution in [0.1, 0.15) is 12.5 Å². The molecule has 3 nitrogen and oxygen atoms in total. The highest BCUT2D eigenvalue weighted by Gasteiger charge is 2.22. The van der Waals surface area contributed by atoms with E-state index in [2.05, 4.69) is 10.6 Å². The Bertz CT molecular complexity index is 493. The maximum Gasteiger partial charge on any atom is 0.274 e. The zero-order valence-electron chi connectivity index (χ0n) is 8.50. The Morgan fingerprint density at radius 2 is 1.88 bits per heavy atom. The van der Waals surface area contributed by atoms with Gasteiger partial charge in [0.25, 0.3) is 5.91 Å². The molecule has 1 aliphatic heterocycles. The molecule has 2 N–H and O–H groups in total. The molecule has 1 amide bonds. The quantitative estimate of drug-likeness (QED) is 0.574. The van der Waals surface area contributed by atoms with Crippen LogP contribution in [0.4, 0.5) is 4.39 Å². The van der Waals surface area contributed by atoms with Gasteiger partial charge in [0.05, 0.1) is 0 Å². The van der Waals surface area contributed by atoms with Gasteiger partial charge in [-0.25, -0.2) is 4.39 Å². The molecule has 82 valence electrons. The van der Waals surface area contributed by atoms with Crippen LogP contribution in [0, 0.1) is 5.82 Å². The maximum absolute atomic E-state index is 12.7. The molecule has 0 aliphatic carbocycles. The molecule has 0 aromatic heterocycles. The molecule has 0 bridgehead atoms. The van der Waals surface area contributed by atoms with E-state index in [1.807, 2.05) is 0 Å². The minimum Gasteiger partial charge on any atom is -0.328 e. The monoisotopic (exact) mass is 236 g/mol. The molecule has 2 rings (SSSR count). The molecule has 1 heterocycles. The first-order valence-corrected chi connectivity index (χ1v) is 5.08. The van der Waals surface area contributed by atoms with Crippen molar-refractivity contribution < 1.29 is 9.18 Å². The van der Waals surface area contributed by atoms with Gasteiger partial charge in [-0.3, -0.25) is 10.1 Å². The lowest BCUT2D eigenvalue weighted by atomic mass is 10.1. The van der Waals surface area contributed by atoms with Gasteiger partial charge in [-0.05, 0) is 42.4 Å². The van der Waals surface area contributed by atoms with Crippen LogP contribution in [-0.4, -0.2) is 11.0 Å². The number of benzene rings is 1. The second kappa shape index (κ2) is 4.02. The van der Waals surface area contributed by atoms with E-state index in [4.69, 9.17) is 12.2 Å². The largest absolute Gasteiger partial charge is 0.328 e. The average Bonchev–Trinajstić information content (AvgIpc) is 2.58. The molecule has 1 aromatic carbocycles. The van der Waals surface area contributed by atoms with E-state index in [1.165, 1.54) is 12.1 Å². The number of amides is 1. The van der Waals surface area contributed by atoms with Crippen molar-refractivity contribution in [2.75, 3.05) is 0 Å². The van der Waals surface area contributed by atoms with E-state index >= 15 is 0 Å². The van der Waals surface area contributed by atoms with Crippen molar-refractivity contribution in [2.24, 2.45) is 0 Å². The SMILES string of the molecule is C/C(=C1/NC(=S)NC1=O)c1ccc(F)cc1. The molecule has 1 aromatic rings. The van der Waals surface area contributed by atoms with E-state index in [1.54, 1.807) is 19.1 Å². The number of hydrogen-bond donors (Lipinski definition) is 2.